The number of thiophene rings is 1. The first-order valence-corrected chi connectivity index (χ1v) is 6.45. The normalized spacial score (nSPS) is 10.2. The Labute approximate surface area is 121 Å². The number of non-ortho nitro benzene ring substituents is 1. The summed E-state index contributed by atoms with van der Waals surface area (Å²) in [6, 6.07) is 5.47. The molecule has 1 aromatic carbocycles. The van der Waals surface area contributed by atoms with Gasteiger partial charge in [-0.25, -0.2) is 0 Å². The van der Waals surface area contributed by atoms with E-state index in [0.29, 0.717) is 16.2 Å². The van der Waals surface area contributed by atoms with E-state index in [2.05, 4.69) is 0 Å². The van der Waals surface area contributed by atoms with Crippen LogP contribution in [0, 0.1) is 10.1 Å². The summed E-state index contributed by atoms with van der Waals surface area (Å²) in [4.78, 5) is 21.1. The largest absolute Gasteiger partial charge is 0.444 e. The van der Waals surface area contributed by atoms with E-state index in [4.69, 9.17) is 27.9 Å². The maximum absolute atomic E-state index is 10.6. The summed E-state index contributed by atoms with van der Waals surface area (Å²) in [6.07, 6.45) is 0.691. The maximum Gasteiger partial charge on any atom is 0.272 e. The van der Waals surface area contributed by atoms with E-state index < -0.39 is 4.92 Å². The predicted molar refractivity (Wildman–Crippen MR) is 72.9 cm³/mol. The fraction of sp³-hybridized carbons (Fsp3) is 0. The van der Waals surface area contributed by atoms with Gasteiger partial charge in [-0.05, 0) is 12.1 Å². The Morgan fingerprint density at radius 3 is 2.37 bits per heavy atom. The highest BCUT2D eigenvalue weighted by molar-refractivity contribution is 7.15. The molecule has 0 aliphatic rings. The third kappa shape index (κ3) is 3.04. The molecule has 0 saturated carbocycles. The molecule has 0 unspecified atom stereocenters. The van der Waals surface area contributed by atoms with E-state index >= 15 is 0 Å². The Morgan fingerprint density at radius 2 is 1.89 bits per heavy atom. The number of ether oxygens (including phenoxy) is 1. The van der Waals surface area contributed by atoms with Crippen LogP contribution in [0.1, 0.15) is 9.67 Å². The van der Waals surface area contributed by atoms with Gasteiger partial charge in [0, 0.05) is 12.1 Å². The van der Waals surface area contributed by atoms with Crippen molar-refractivity contribution in [2.45, 2.75) is 0 Å². The minimum absolute atomic E-state index is 0.0280. The Hall–Kier alpha value is -1.63. The first-order valence-electron chi connectivity index (χ1n) is 4.87. The number of benzene rings is 1. The maximum atomic E-state index is 10.6. The Kier molecular flexibility index (Phi) is 4.04. The molecule has 0 aliphatic heterocycles. The van der Waals surface area contributed by atoms with Gasteiger partial charge < -0.3 is 4.74 Å². The summed E-state index contributed by atoms with van der Waals surface area (Å²) < 4.78 is 5.43. The molecule has 0 aliphatic carbocycles. The number of aldehydes is 1. The zero-order chi connectivity index (χ0) is 14.0. The summed E-state index contributed by atoms with van der Waals surface area (Å²) in [5.74, 6) is 0.119. The van der Waals surface area contributed by atoms with Crippen molar-refractivity contribution in [2.75, 3.05) is 0 Å². The van der Waals surface area contributed by atoms with Gasteiger partial charge in [0.2, 0.25) is 0 Å². The van der Waals surface area contributed by atoms with Gasteiger partial charge in [-0.3, -0.25) is 14.9 Å². The lowest BCUT2D eigenvalue weighted by molar-refractivity contribution is -0.384. The molecule has 2 rings (SSSR count). The van der Waals surface area contributed by atoms with Crippen LogP contribution in [0.2, 0.25) is 10.0 Å². The molecule has 1 aromatic heterocycles. The van der Waals surface area contributed by atoms with Crippen molar-refractivity contribution < 1.29 is 14.5 Å². The van der Waals surface area contributed by atoms with Crippen LogP contribution in [-0.2, 0) is 0 Å². The van der Waals surface area contributed by atoms with E-state index in [1.807, 2.05) is 0 Å². The second-order valence-corrected chi connectivity index (χ2v) is 5.26. The Morgan fingerprint density at radius 1 is 1.26 bits per heavy atom. The van der Waals surface area contributed by atoms with E-state index in [1.54, 1.807) is 12.1 Å². The topological polar surface area (TPSA) is 69.4 Å². The molecule has 0 saturated heterocycles. The van der Waals surface area contributed by atoms with Gasteiger partial charge in [0.15, 0.2) is 17.1 Å². The standard InChI is InChI=1S/C11H5Cl2NO4S/c12-8-3-6(14(16)17)4-9(13)11(8)18-10-2-1-7(5-15)19-10/h1-5H. The highest BCUT2D eigenvalue weighted by atomic mass is 35.5. The molecule has 0 radical (unpaired) electrons. The number of carbonyl (C=O) groups is 1. The molecule has 19 heavy (non-hydrogen) atoms. The zero-order valence-electron chi connectivity index (χ0n) is 9.13. The number of hydrogen-bond donors (Lipinski definition) is 0. The van der Waals surface area contributed by atoms with Crippen molar-refractivity contribution in [3.63, 3.8) is 0 Å². The quantitative estimate of drug-likeness (QED) is 0.470. The van der Waals surface area contributed by atoms with Gasteiger partial charge in [-0.15, -0.1) is 0 Å². The lowest BCUT2D eigenvalue weighted by atomic mass is 10.3. The number of hydrogen-bond acceptors (Lipinski definition) is 5. The highest BCUT2D eigenvalue weighted by Gasteiger charge is 2.17. The first-order chi connectivity index (χ1) is 9.01. The molecule has 1 heterocycles. The van der Waals surface area contributed by atoms with Crippen LogP contribution in [0.25, 0.3) is 0 Å². The molecule has 0 amide bonds. The van der Waals surface area contributed by atoms with Crippen molar-refractivity contribution in [3.05, 3.63) is 49.3 Å². The summed E-state index contributed by atoms with van der Waals surface area (Å²) in [6.45, 7) is 0. The number of rotatable bonds is 4. The summed E-state index contributed by atoms with van der Waals surface area (Å²) in [7, 11) is 0. The molecule has 5 nitrogen and oxygen atoms in total. The molecular formula is C11H5Cl2NO4S. The fourth-order valence-electron chi connectivity index (χ4n) is 1.30. The van der Waals surface area contributed by atoms with Crippen LogP contribution in [-0.4, -0.2) is 11.2 Å². The fourth-order valence-corrected chi connectivity index (χ4v) is 2.53. The first kappa shape index (κ1) is 13.8. The smallest absolute Gasteiger partial charge is 0.272 e. The molecule has 8 heteroatoms. The highest BCUT2D eigenvalue weighted by Crippen LogP contribution is 2.40. The average molecular weight is 318 g/mol. The van der Waals surface area contributed by atoms with E-state index in [1.165, 1.54) is 0 Å². The van der Waals surface area contributed by atoms with E-state index in [0.717, 1.165) is 23.5 Å². The van der Waals surface area contributed by atoms with Crippen LogP contribution in [0.4, 0.5) is 5.69 Å². The number of nitrogens with zero attached hydrogens (tertiary/aromatic N) is 1. The molecule has 0 fully saturated rings. The van der Waals surface area contributed by atoms with Crippen LogP contribution in [0.3, 0.4) is 0 Å². The van der Waals surface area contributed by atoms with Gasteiger partial charge in [0.1, 0.15) is 0 Å². The monoisotopic (exact) mass is 317 g/mol. The summed E-state index contributed by atoms with van der Waals surface area (Å²) >= 11 is 12.9. The second-order valence-electron chi connectivity index (χ2n) is 3.37. The Balaban J connectivity index is 2.35. The van der Waals surface area contributed by atoms with Gasteiger partial charge in [0.05, 0.1) is 19.8 Å². The van der Waals surface area contributed by atoms with Crippen LogP contribution >= 0.6 is 34.5 Å². The third-order valence-electron chi connectivity index (χ3n) is 2.11. The minimum Gasteiger partial charge on any atom is -0.444 e. The van der Waals surface area contributed by atoms with Gasteiger partial charge in [-0.1, -0.05) is 34.5 Å². The van der Waals surface area contributed by atoms with Gasteiger partial charge in [-0.2, -0.15) is 0 Å². The second kappa shape index (κ2) is 5.56. The number of carbonyl (C=O) groups excluding carboxylic acids is 1. The van der Waals surface area contributed by atoms with Crippen molar-refractivity contribution >= 4 is 46.5 Å². The zero-order valence-corrected chi connectivity index (χ0v) is 11.5. The van der Waals surface area contributed by atoms with Crippen LogP contribution in [0.15, 0.2) is 24.3 Å². The summed E-state index contributed by atoms with van der Waals surface area (Å²) in [5, 5.41) is 11.1. The summed E-state index contributed by atoms with van der Waals surface area (Å²) in [5.41, 5.74) is -0.220. The van der Waals surface area contributed by atoms with Gasteiger partial charge >= 0.3 is 0 Å². The predicted octanol–water partition coefficient (Wildman–Crippen LogP) is 4.57. The van der Waals surface area contributed by atoms with Crippen LogP contribution < -0.4 is 4.74 Å². The molecular weight excluding hydrogens is 313 g/mol. The molecule has 0 spiro atoms. The van der Waals surface area contributed by atoms with E-state index in [9.17, 15) is 14.9 Å². The van der Waals surface area contributed by atoms with Gasteiger partial charge in [0.25, 0.3) is 5.69 Å². The average Bonchev–Trinajstić information content (AvgIpc) is 2.81. The molecule has 0 bridgehead atoms. The Bertz CT molecular complexity index is 633. The van der Waals surface area contributed by atoms with Crippen molar-refractivity contribution in [1.82, 2.24) is 0 Å². The van der Waals surface area contributed by atoms with Crippen molar-refractivity contribution in [2.24, 2.45) is 0 Å². The number of nitro groups is 1. The number of halogens is 2. The SMILES string of the molecule is O=Cc1ccc(Oc2c(Cl)cc([N+](=O)[O-])cc2Cl)s1. The van der Waals surface area contributed by atoms with Crippen LogP contribution in [0.5, 0.6) is 10.8 Å². The lowest BCUT2D eigenvalue weighted by Crippen LogP contribution is -1.90. The molecule has 0 atom stereocenters. The molecule has 98 valence electrons. The van der Waals surface area contributed by atoms with Crippen molar-refractivity contribution in [3.8, 4) is 10.8 Å². The third-order valence-corrected chi connectivity index (χ3v) is 3.56. The lowest BCUT2D eigenvalue weighted by Gasteiger charge is -2.07. The molecule has 2 aromatic rings. The minimum atomic E-state index is -0.600. The van der Waals surface area contributed by atoms with E-state index in [-0.39, 0.29) is 21.5 Å². The number of nitro benzene ring substituents is 1. The van der Waals surface area contributed by atoms with Crippen molar-refractivity contribution in [1.29, 1.82) is 0 Å². The molecule has 0 N–H and O–H groups in total.